The van der Waals surface area contributed by atoms with Crippen LogP contribution >= 0.6 is 0 Å². The maximum absolute atomic E-state index is 12.4. The van der Waals surface area contributed by atoms with Crippen LogP contribution in [0.25, 0.3) is 0 Å². The fourth-order valence-electron chi connectivity index (χ4n) is 7.45. The van der Waals surface area contributed by atoms with Gasteiger partial charge in [0.05, 0.1) is 18.8 Å². The molecule has 0 fully saturated rings. The van der Waals surface area contributed by atoms with Gasteiger partial charge in [-0.25, -0.2) is 0 Å². The van der Waals surface area contributed by atoms with Gasteiger partial charge in [-0.2, -0.15) is 0 Å². The van der Waals surface area contributed by atoms with Crippen LogP contribution in [0.15, 0.2) is 12.2 Å². The van der Waals surface area contributed by atoms with E-state index >= 15 is 0 Å². The molecule has 4 N–H and O–H groups in total. The van der Waals surface area contributed by atoms with Gasteiger partial charge in [-0.15, -0.1) is 0 Å². The predicted octanol–water partition coefficient (Wildman–Crippen LogP) is 13.6. The van der Waals surface area contributed by atoms with Crippen molar-refractivity contribution in [3.63, 3.8) is 0 Å². The maximum Gasteiger partial charge on any atom is 0.220 e. The summed E-state index contributed by atoms with van der Waals surface area (Å²) in [6, 6.07) is -0.808. The second-order valence-electron chi connectivity index (χ2n) is 16.3. The van der Waals surface area contributed by atoms with Crippen LogP contribution in [-0.4, -0.2) is 46.1 Å². The van der Waals surface area contributed by atoms with Crippen molar-refractivity contribution >= 4 is 5.91 Å². The molecule has 0 radical (unpaired) electrons. The maximum atomic E-state index is 12.4. The normalized spacial score (nSPS) is 13.6. The molecule has 3 atom stereocenters. The first-order chi connectivity index (χ1) is 25.6. The highest BCUT2D eigenvalue weighted by Crippen LogP contribution is 2.17. The number of unbranched alkanes of at least 4 members (excludes halogenated alkanes) is 33. The van der Waals surface area contributed by atoms with Crippen LogP contribution < -0.4 is 5.32 Å². The Hall–Kier alpha value is -0.910. The average molecular weight is 736 g/mol. The Morgan fingerprint density at radius 1 is 0.462 bits per heavy atom. The van der Waals surface area contributed by atoms with Crippen LogP contribution in [0.5, 0.6) is 0 Å². The number of nitrogens with one attached hydrogen (secondary N) is 1. The lowest BCUT2D eigenvalue weighted by molar-refractivity contribution is -0.124. The van der Waals surface area contributed by atoms with Crippen LogP contribution in [-0.2, 0) is 4.79 Å². The first-order valence-corrected chi connectivity index (χ1v) is 23.5. The molecule has 5 nitrogen and oxygen atoms in total. The third kappa shape index (κ3) is 37.4. The van der Waals surface area contributed by atoms with Crippen molar-refractivity contribution in [2.45, 2.75) is 276 Å². The average Bonchev–Trinajstić information content (AvgIpc) is 3.15. The summed E-state index contributed by atoms with van der Waals surface area (Å²) in [6.07, 6.45) is 50.4. The van der Waals surface area contributed by atoms with E-state index in [2.05, 4.69) is 31.3 Å². The van der Waals surface area contributed by atoms with Crippen LogP contribution in [0, 0.1) is 0 Å². The summed E-state index contributed by atoms with van der Waals surface area (Å²) in [5.74, 6) is -0.146. The SMILES string of the molecule is CCCCCCCCCCCC/C=C\CCCCCCCCCC(=O)NC(CO)C(O)C(O)CCCCCCCCCCCCCCCCCCC. The number of carbonyl (C=O) groups excluding carboxylic acids is 1. The molecule has 0 aliphatic rings. The van der Waals surface area contributed by atoms with Crippen molar-refractivity contribution in [2.24, 2.45) is 0 Å². The molecule has 0 aliphatic carbocycles. The topological polar surface area (TPSA) is 89.8 Å². The van der Waals surface area contributed by atoms with Gasteiger partial charge in [0, 0.05) is 6.42 Å². The summed E-state index contributed by atoms with van der Waals surface area (Å²) in [7, 11) is 0. The van der Waals surface area contributed by atoms with Gasteiger partial charge in [-0.05, 0) is 38.5 Å². The highest BCUT2D eigenvalue weighted by molar-refractivity contribution is 5.76. The van der Waals surface area contributed by atoms with Gasteiger partial charge in [0.2, 0.25) is 5.91 Å². The summed E-state index contributed by atoms with van der Waals surface area (Å²) in [5.41, 5.74) is 0. The number of amides is 1. The van der Waals surface area contributed by atoms with Gasteiger partial charge in [0.25, 0.3) is 0 Å². The van der Waals surface area contributed by atoms with Crippen LogP contribution in [0.2, 0.25) is 0 Å². The van der Waals surface area contributed by atoms with Gasteiger partial charge in [0.15, 0.2) is 0 Å². The lowest BCUT2D eigenvalue weighted by atomic mass is 9.99. The quantitative estimate of drug-likeness (QED) is 0.0371. The Labute approximate surface area is 325 Å². The van der Waals surface area contributed by atoms with E-state index in [1.165, 1.54) is 193 Å². The number of allylic oxidation sites excluding steroid dienone is 2. The summed E-state index contributed by atoms with van der Waals surface area (Å²) < 4.78 is 0. The molecule has 0 rings (SSSR count). The number of aliphatic hydroxyl groups is 3. The van der Waals surface area contributed by atoms with Crippen molar-refractivity contribution in [3.8, 4) is 0 Å². The van der Waals surface area contributed by atoms with E-state index in [4.69, 9.17) is 0 Å². The van der Waals surface area contributed by atoms with E-state index in [-0.39, 0.29) is 12.5 Å². The molecule has 0 saturated carbocycles. The van der Waals surface area contributed by atoms with Crippen molar-refractivity contribution in [1.29, 1.82) is 0 Å². The molecule has 0 spiro atoms. The molecule has 310 valence electrons. The molecular formula is C47H93NO4. The van der Waals surface area contributed by atoms with E-state index in [1.54, 1.807) is 0 Å². The number of hydrogen-bond donors (Lipinski definition) is 4. The lowest BCUT2D eigenvalue weighted by Gasteiger charge is -2.26. The van der Waals surface area contributed by atoms with E-state index < -0.39 is 18.2 Å². The van der Waals surface area contributed by atoms with Crippen molar-refractivity contribution in [3.05, 3.63) is 12.2 Å². The number of carbonyl (C=O) groups is 1. The number of hydrogen-bond acceptors (Lipinski definition) is 4. The van der Waals surface area contributed by atoms with Crippen LogP contribution in [0.1, 0.15) is 258 Å². The zero-order valence-electron chi connectivity index (χ0n) is 35.2. The van der Waals surface area contributed by atoms with Crippen LogP contribution in [0.4, 0.5) is 0 Å². The van der Waals surface area contributed by atoms with E-state index in [9.17, 15) is 20.1 Å². The second-order valence-corrected chi connectivity index (χ2v) is 16.3. The second kappa shape index (κ2) is 42.8. The smallest absolute Gasteiger partial charge is 0.220 e. The summed E-state index contributed by atoms with van der Waals surface area (Å²) in [6.45, 7) is 4.20. The van der Waals surface area contributed by atoms with E-state index in [0.717, 1.165) is 38.5 Å². The zero-order valence-corrected chi connectivity index (χ0v) is 35.2. The largest absolute Gasteiger partial charge is 0.394 e. The highest BCUT2D eigenvalue weighted by Gasteiger charge is 2.26. The molecule has 0 aliphatic heterocycles. The molecule has 0 saturated heterocycles. The van der Waals surface area contributed by atoms with Gasteiger partial charge < -0.3 is 20.6 Å². The third-order valence-electron chi connectivity index (χ3n) is 11.1. The van der Waals surface area contributed by atoms with Gasteiger partial charge in [0.1, 0.15) is 6.10 Å². The fourth-order valence-corrected chi connectivity index (χ4v) is 7.45. The Kier molecular flexibility index (Phi) is 42.1. The molecule has 3 unspecified atom stereocenters. The molecule has 0 aromatic heterocycles. The first kappa shape index (κ1) is 51.1. The molecule has 52 heavy (non-hydrogen) atoms. The molecular weight excluding hydrogens is 643 g/mol. The monoisotopic (exact) mass is 736 g/mol. The minimum Gasteiger partial charge on any atom is -0.394 e. The molecule has 0 aromatic carbocycles. The summed E-state index contributed by atoms with van der Waals surface area (Å²) in [5, 5.41) is 33.6. The highest BCUT2D eigenvalue weighted by atomic mass is 16.3. The van der Waals surface area contributed by atoms with Crippen molar-refractivity contribution in [1.82, 2.24) is 5.32 Å². The number of aliphatic hydroxyl groups excluding tert-OH is 3. The molecule has 0 aromatic rings. The minimum absolute atomic E-state index is 0.146. The van der Waals surface area contributed by atoms with Gasteiger partial charge in [-0.1, -0.05) is 225 Å². The number of rotatable bonds is 43. The molecule has 0 bridgehead atoms. The Morgan fingerprint density at radius 3 is 1.12 bits per heavy atom. The Bertz CT molecular complexity index is 728. The molecule has 0 heterocycles. The van der Waals surface area contributed by atoms with E-state index in [1.807, 2.05) is 0 Å². The van der Waals surface area contributed by atoms with E-state index in [0.29, 0.717) is 12.8 Å². The van der Waals surface area contributed by atoms with Gasteiger partial charge >= 0.3 is 0 Å². The Morgan fingerprint density at radius 2 is 0.769 bits per heavy atom. The first-order valence-electron chi connectivity index (χ1n) is 23.5. The van der Waals surface area contributed by atoms with Crippen LogP contribution in [0.3, 0.4) is 0 Å². The van der Waals surface area contributed by atoms with Crippen molar-refractivity contribution in [2.75, 3.05) is 6.61 Å². The minimum atomic E-state index is -1.13. The third-order valence-corrected chi connectivity index (χ3v) is 11.1. The lowest BCUT2D eigenvalue weighted by Crippen LogP contribution is -2.50. The van der Waals surface area contributed by atoms with Crippen molar-refractivity contribution < 1.29 is 20.1 Å². The molecule has 5 heteroatoms. The Balaban J connectivity index is 3.59. The molecule has 1 amide bonds. The zero-order chi connectivity index (χ0) is 38.0. The summed E-state index contributed by atoms with van der Waals surface area (Å²) >= 11 is 0. The van der Waals surface area contributed by atoms with Gasteiger partial charge in [-0.3, -0.25) is 4.79 Å². The standard InChI is InChI=1S/C47H93NO4/c1-3-5-7-9-11-13-15-17-19-21-22-23-24-26-28-30-32-34-36-38-40-42-46(51)48-44(43-49)47(52)45(50)41-39-37-35-33-31-29-27-25-20-18-16-14-12-10-8-6-4-2/h23-24,44-45,47,49-50,52H,3-22,25-43H2,1-2H3,(H,48,51)/b24-23-. The summed E-state index contributed by atoms with van der Waals surface area (Å²) in [4.78, 5) is 12.4. The fraction of sp³-hybridized carbons (Fsp3) is 0.936. The predicted molar refractivity (Wildman–Crippen MR) is 227 cm³/mol.